The Morgan fingerprint density at radius 3 is 2.81 bits per heavy atom. The topological polar surface area (TPSA) is 62.3 Å². The molecule has 2 aromatic rings. The Hall–Kier alpha value is -2.21. The van der Waals surface area contributed by atoms with Crippen molar-refractivity contribution in [1.82, 2.24) is 15.2 Å². The highest BCUT2D eigenvalue weighted by Gasteiger charge is 2.27. The number of nitrogens with one attached hydrogen (secondary N) is 1. The maximum atomic E-state index is 12.7. The summed E-state index contributed by atoms with van der Waals surface area (Å²) in [7, 11) is 0. The van der Waals surface area contributed by atoms with Gasteiger partial charge in [-0.3, -0.25) is 9.59 Å². The zero-order valence-electron chi connectivity index (χ0n) is 15.3. The van der Waals surface area contributed by atoms with E-state index in [1.807, 2.05) is 54.5 Å². The van der Waals surface area contributed by atoms with Crippen LogP contribution in [-0.2, 0) is 11.3 Å². The van der Waals surface area contributed by atoms with Crippen molar-refractivity contribution in [3.63, 3.8) is 0 Å². The van der Waals surface area contributed by atoms with Crippen LogP contribution in [0, 0.1) is 5.92 Å². The third-order valence-corrected chi connectivity index (χ3v) is 5.67. The molecule has 0 unspecified atom stereocenters. The molecule has 5 nitrogen and oxygen atoms in total. The zero-order chi connectivity index (χ0) is 18.5. The van der Waals surface area contributed by atoms with Crippen LogP contribution in [0.5, 0.6) is 0 Å². The van der Waals surface area contributed by atoms with Crippen LogP contribution in [-0.4, -0.2) is 34.8 Å². The van der Waals surface area contributed by atoms with Crippen molar-refractivity contribution in [1.29, 1.82) is 0 Å². The molecule has 1 atom stereocenters. The van der Waals surface area contributed by atoms with Crippen molar-refractivity contribution >= 4 is 23.2 Å². The normalized spacial score (nSPS) is 17.3. The molecular formula is C20H25N3O2S. The number of carbonyl (C=O) groups excluding carboxylic acids is 2. The van der Waals surface area contributed by atoms with E-state index in [0.717, 1.165) is 35.7 Å². The second kappa shape index (κ2) is 8.45. The Labute approximate surface area is 158 Å². The predicted molar refractivity (Wildman–Crippen MR) is 103 cm³/mol. The van der Waals surface area contributed by atoms with E-state index in [-0.39, 0.29) is 23.7 Å². The van der Waals surface area contributed by atoms with Gasteiger partial charge in [-0.05, 0) is 25.0 Å². The lowest BCUT2D eigenvalue weighted by Gasteiger charge is -2.32. The second-order valence-electron chi connectivity index (χ2n) is 7.01. The van der Waals surface area contributed by atoms with Gasteiger partial charge >= 0.3 is 0 Å². The maximum absolute atomic E-state index is 12.7. The van der Waals surface area contributed by atoms with Gasteiger partial charge in [-0.2, -0.15) is 0 Å². The van der Waals surface area contributed by atoms with Crippen molar-refractivity contribution in [2.45, 2.75) is 39.2 Å². The Kier molecular flexibility index (Phi) is 6.04. The van der Waals surface area contributed by atoms with Gasteiger partial charge in [-0.15, -0.1) is 11.3 Å². The Bertz CT molecular complexity index is 757. The Morgan fingerprint density at radius 2 is 2.08 bits per heavy atom. The van der Waals surface area contributed by atoms with Gasteiger partial charge in [0.15, 0.2) is 0 Å². The molecule has 2 amide bonds. The fraction of sp³-hybridized carbons (Fsp3) is 0.450. The molecule has 1 fully saturated rings. The molecule has 6 heteroatoms. The molecule has 0 bridgehead atoms. The molecule has 1 N–H and O–H groups in total. The molecule has 0 saturated carbocycles. The van der Waals surface area contributed by atoms with Crippen molar-refractivity contribution < 1.29 is 9.59 Å². The molecular weight excluding hydrogens is 346 g/mol. The van der Waals surface area contributed by atoms with Crippen molar-refractivity contribution in [2.75, 3.05) is 13.1 Å². The molecule has 2 heterocycles. The highest BCUT2D eigenvalue weighted by atomic mass is 32.1. The minimum absolute atomic E-state index is 0.0241. The number of amides is 2. The first-order chi connectivity index (χ1) is 12.5. The van der Waals surface area contributed by atoms with E-state index in [1.165, 1.54) is 0 Å². The van der Waals surface area contributed by atoms with Gasteiger partial charge in [-0.1, -0.05) is 32.0 Å². The number of likely N-dealkylation sites (tertiary alicyclic amines) is 1. The van der Waals surface area contributed by atoms with E-state index < -0.39 is 0 Å². The van der Waals surface area contributed by atoms with E-state index >= 15 is 0 Å². The monoisotopic (exact) mass is 371 g/mol. The average Bonchev–Trinajstić information content (AvgIpc) is 3.15. The number of thiazole rings is 1. The van der Waals surface area contributed by atoms with E-state index in [4.69, 9.17) is 4.98 Å². The fourth-order valence-corrected chi connectivity index (χ4v) is 4.05. The smallest absolute Gasteiger partial charge is 0.253 e. The zero-order valence-corrected chi connectivity index (χ0v) is 16.1. The van der Waals surface area contributed by atoms with Gasteiger partial charge in [0.25, 0.3) is 5.91 Å². The summed E-state index contributed by atoms with van der Waals surface area (Å²) >= 11 is 1.63. The highest BCUT2D eigenvalue weighted by Crippen LogP contribution is 2.30. The summed E-state index contributed by atoms with van der Waals surface area (Å²) in [6.07, 6.45) is 2.03. The van der Waals surface area contributed by atoms with E-state index in [2.05, 4.69) is 5.32 Å². The molecule has 1 aromatic carbocycles. The lowest BCUT2D eigenvalue weighted by molar-refractivity contribution is -0.124. The fourth-order valence-electron chi connectivity index (χ4n) is 3.10. The molecule has 26 heavy (non-hydrogen) atoms. The van der Waals surface area contributed by atoms with E-state index in [0.29, 0.717) is 13.1 Å². The summed E-state index contributed by atoms with van der Waals surface area (Å²) in [5.74, 6) is 0.382. The van der Waals surface area contributed by atoms with Crippen LogP contribution >= 0.6 is 11.3 Å². The van der Waals surface area contributed by atoms with E-state index in [9.17, 15) is 9.59 Å². The average molecular weight is 372 g/mol. The number of rotatable bonds is 5. The van der Waals surface area contributed by atoms with Crippen LogP contribution in [0.2, 0.25) is 0 Å². The van der Waals surface area contributed by atoms with Gasteiger partial charge in [0.05, 0.1) is 17.2 Å². The van der Waals surface area contributed by atoms with Gasteiger partial charge in [0.2, 0.25) is 5.91 Å². The summed E-state index contributed by atoms with van der Waals surface area (Å²) < 4.78 is 0. The number of hydrogen-bond acceptors (Lipinski definition) is 4. The van der Waals surface area contributed by atoms with Crippen LogP contribution < -0.4 is 5.32 Å². The summed E-state index contributed by atoms with van der Waals surface area (Å²) in [6, 6.07) is 9.45. The first kappa shape index (κ1) is 18.6. The lowest BCUT2D eigenvalue weighted by Crippen LogP contribution is -2.39. The van der Waals surface area contributed by atoms with Crippen LogP contribution in [0.15, 0.2) is 35.7 Å². The second-order valence-corrected chi connectivity index (χ2v) is 7.90. The first-order valence-corrected chi connectivity index (χ1v) is 9.99. The van der Waals surface area contributed by atoms with Crippen molar-refractivity contribution in [3.05, 3.63) is 52.0 Å². The number of hydrogen-bond donors (Lipinski definition) is 1. The molecule has 1 aliphatic rings. The minimum atomic E-state index is -0.0241. The molecule has 1 saturated heterocycles. The molecule has 0 radical (unpaired) electrons. The summed E-state index contributed by atoms with van der Waals surface area (Å²) in [5.41, 5.74) is 1.63. The van der Waals surface area contributed by atoms with Crippen LogP contribution in [0.4, 0.5) is 0 Å². The summed E-state index contributed by atoms with van der Waals surface area (Å²) in [6.45, 7) is 5.73. The first-order valence-electron chi connectivity index (χ1n) is 9.11. The standard InChI is InChI=1S/C20H25N3O2S/c1-14(2)18(24)21-11-17-13-26-19(22-17)16-9-6-10-23(12-16)20(25)15-7-4-3-5-8-15/h3-5,7-8,13-14,16H,6,9-12H2,1-2H3,(H,21,24)/t16-/m1/s1. The molecule has 1 aliphatic heterocycles. The number of nitrogens with zero attached hydrogens (tertiary/aromatic N) is 2. The Morgan fingerprint density at radius 1 is 1.31 bits per heavy atom. The summed E-state index contributed by atoms with van der Waals surface area (Å²) in [5, 5.41) is 5.97. The van der Waals surface area contributed by atoms with Crippen LogP contribution in [0.25, 0.3) is 0 Å². The SMILES string of the molecule is CC(C)C(=O)NCc1csc([C@@H]2CCCN(C(=O)c3ccccc3)C2)n1. The molecule has 0 aliphatic carbocycles. The third-order valence-electron chi connectivity index (χ3n) is 4.62. The maximum Gasteiger partial charge on any atom is 0.253 e. The van der Waals surface area contributed by atoms with Crippen molar-refractivity contribution in [3.8, 4) is 0 Å². The van der Waals surface area contributed by atoms with Gasteiger partial charge in [0.1, 0.15) is 0 Å². The number of carbonyl (C=O) groups is 2. The molecule has 0 spiro atoms. The molecule has 3 rings (SSSR count). The van der Waals surface area contributed by atoms with Gasteiger partial charge < -0.3 is 10.2 Å². The third kappa shape index (κ3) is 4.49. The number of aromatic nitrogens is 1. The van der Waals surface area contributed by atoms with Gasteiger partial charge in [-0.25, -0.2) is 4.98 Å². The predicted octanol–water partition coefficient (Wildman–Crippen LogP) is 3.44. The van der Waals surface area contributed by atoms with E-state index in [1.54, 1.807) is 11.3 Å². The number of piperidine rings is 1. The molecule has 138 valence electrons. The minimum Gasteiger partial charge on any atom is -0.350 e. The Balaban J connectivity index is 1.61. The quantitative estimate of drug-likeness (QED) is 0.876. The number of benzene rings is 1. The lowest BCUT2D eigenvalue weighted by atomic mass is 9.98. The largest absolute Gasteiger partial charge is 0.350 e. The van der Waals surface area contributed by atoms with Gasteiger partial charge in [0, 0.05) is 35.9 Å². The summed E-state index contributed by atoms with van der Waals surface area (Å²) in [4.78, 5) is 31.0. The van der Waals surface area contributed by atoms with Crippen LogP contribution in [0.3, 0.4) is 0 Å². The van der Waals surface area contributed by atoms with Crippen molar-refractivity contribution in [2.24, 2.45) is 5.92 Å². The molecule has 1 aromatic heterocycles. The van der Waals surface area contributed by atoms with Crippen LogP contribution in [0.1, 0.15) is 53.7 Å². The highest BCUT2D eigenvalue weighted by molar-refractivity contribution is 7.09.